The van der Waals surface area contributed by atoms with Crippen molar-refractivity contribution in [2.24, 2.45) is 0 Å². The standard InChI is InChI=1S/C9H15NO7S/c1-5(9(14)17-2)18(15,16)10-4-6(11)3-7(10)8(12)13/h5-7,11H,3-4H2,1-2H3,(H,12,13)/t5?,6-,7+/m1/s1. The second-order valence-electron chi connectivity index (χ2n) is 4.02. The lowest BCUT2D eigenvalue weighted by Gasteiger charge is -2.23. The van der Waals surface area contributed by atoms with E-state index < -0.39 is 39.4 Å². The van der Waals surface area contributed by atoms with Crippen molar-refractivity contribution < 1.29 is 33.0 Å². The summed E-state index contributed by atoms with van der Waals surface area (Å²) in [5.41, 5.74) is 0. The van der Waals surface area contributed by atoms with E-state index in [1.54, 1.807) is 0 Å². The van der Waals surface area contributed by atoms with Gasteiger partial charge in [0.1, 0.15) is 6.04 Å². The van der Waals surface area contributed by atoms with Gasteiger partial charge in [-0.3, -0.25) is 9.59 Å². The van der Waals surface area contributed by atoms with Gasteiger partial charge in [0.15, 0.2) is 5.25 Å². The molecule has 0 bridgehead atoms. The third kappa shape index (κ3) is 2.62. The first-order valence-electron chi connectivity index (χ1n) is 5.21. The molecule has 104 valence electrons. The topological polar surface area (TPSA) is 121 Å². The number of sulfonamides is 1. The van der Waals surface area contributed by atoms with Gasteiger partial charge in [-0.15, -0.1) is 0 Å². The van der Waals surface area contributed by atoms with Crippen LogP contribution < -0.4 is 0 Å². The largest absolute Gasteiger partial charge is 0.480 e. The molecule has 1 fully saturated rings. The number of hydrogen-bond donors (Lipinski definition) is 2. The van der Waals surface area contributed by atoms with Crippen molar-refractivity contribution in [3.05, 3.63) is 0 Å². The molecule has 0 saturated carbocycles. The van der Waals surface area contributed by atoms with Gasteiger partial charge in [0, 0.05) is 13.0 Å². The summed E-state index contributed by atoms with van der Waals surface area (Å²) in [5, 5.41) is 16.8. The Kier molecular flexibility index (Phi) is 4.30. The number of β-amino-alcohol motifs (C(OH)–C–C–N with tert-alkyl or cyclic N) is 1. The van der Waals surface area contributed by atoms with Crippen molar-refractivity contribution >= 4 is 22.0 Å². The summed E-state index contributed by atoms with van der Waals surface area (Å²) in [4.78, 5) is 22.2. The summed E-state index contributed by atoms with van der Waals surface area (Å²) in [6, 6.07) is -1.35. The zero-order valence-electron chi connectivity index (χ0n) is 9.94. The van der Waals surface area contributed by atoms with Gasteiger partial charge in [0.05, 0.1) is 13.2 Å². The third-order valence-electron chi connectivity index (χ3n) is 2.83. The Hall–Kier alpha value is -1.19. The van der Waals surface area contributed by atoms with Crippen molar-refractivity contribution in [2.75, 3.05) is 13.7 Å². The molecule has 2 N–H and O–H groups in total. The lowest BCUT2D eigenvalue weighted by molar-refractivity contribution is -0.142. The highest BCUT2D eigenvalue weighted by Crippen LogP contribution is 2.24. The van der Waals surface area contributed by atoms with Crippen LogP contribution in [0.15, 0.2) is 0 Å². The van der Waals surface area contributed by atoms with Crippen LogP contribution in [-0.4, -0.2) is 65.9 Å². The van der Waals surface area contributed by atoms with E-state index in [1.165, 1.54) is 0 Å². The van der Waals surface area contributed by atoms with Crippen molar-refractivity contribution in [1.82, 2.24) is 4.31 Å². The van der Waals surface area contributed by atoms with Gasteiger partial charge in [0.25, 0.3) is 0 Å². The van der Waals surface area contributed by atoms with Gasteiger partial charge in [-0.1, -0.05) is 0 Å². The Labute approximate surface area is 104 Å². The van der Waals surface area contributed by atoms with Crippen LogP contribution >= 0.6 is 0 Å². The van der Waals surface area contributed by atoms with Gasteiger partial charge < -0.3 is 14.9 Å². The number of aliphatic hydroxyl groups is 1. The molecular formula is C9H15NO7S. The number of esters is 1. The van der Waals surface area contributed by atoms with Crippen molar-refractivity contribution in [1.29, 1.82) is 0 Å². The number of rotatable bonds is 4. The monoisotopic (exact) mass is 281 g/mol. The summed E-state index contributed by atoms with van der Waals surface area (Å²) in [6.45, 7) is 0.783. The van der Waals surface area contributed by atoms with E-state index in [1.807, 2.05) is 0 Å². The number of carbonyl (C=O) groups is 2. The maximum atomic E-state index is 12.0. The van der Waals surface area contributed by atoms with Crippen molar-refractivity contribution in [3.8, 4) is 0 Å². The number of ether oxygens (including phenoxy) is 1. The number of hydrogen-bond acceptors (Lipinski definition) is 6. The predicted octanol–water partition coefficient (Wildman–Crippen LogP) is -1.60. The molecule has 0 aromatic rings. The van der Waals surface area contributed by atoms with Crippen molar-refractivity contribution in [3.63, 3.8) is 0 Å². The quantitative estimate of drug-likeness (QED) is 0.595. The highest BCUT2D eigenvalue weighted by Gasteiger charge is 2.46. The first-order chi connectivity index (χ1) is 8.21. The predicted molar refractivity (Wildman–Crippen MR) is 59.2 cm³/mol. The Bertz CT molecular complexity index is 446. The average molecular weight is 281 g/mol. The minimum absolute atomic E-state index is 0.192. The minimum atomic E-state index is -4.16. The lowest BCUT2D eigenvalue weighted by Crippen LogP contribution is -2.46. The Morgan fingerprint density at radius 2 is 2.00 bits per heavy atom. The Balaban J connectivity index is 3.04. The first kappa shape index (κ1) is 14.9. The highest BCUT2D eigenvalue weighted by atomic mass is 32.2. The number of nitrogens with zero attached hydrogens (tertiary/aromatic N) is 1. The molecule has 0 amide bonds. The van der Waals surface area contributed by atoms with Crippen LogP contribution in [0.2, 0.25) is 0 Å². The smallest absolute Gasteiger partial charge is 0.325 e. The summed E-state index contributed by atoms with van der Waals surface area (Å²) >= 11 is 0. The number of aliphatic carboxylic acids is 1. The maximum absolute atomic E-state index is 12.0. The molecule has 3 atom stereocenters. The zero-order valence-corrected chi connectivity index (χ0v) is 10.8. The number of methoxy groups -OCH3 is 1. The molecule has 0 aromatic carbocycles. The van der Waals surface area contributed by atoms with Gasteiger partial charge >= 0.3 is 11.9 Å². The molecule has 0 aliphatic carbocycles. The van der Waals surface area contributed by atoms with Crippen LogP contribution in [0.1, 0.15) is 13.3 Å². The molecule has 1 heterocycles. The second-order valence-corrected chi connectivity index (χ2v) is 6.23. The molecule has 1 aliphatic heterocycles. The van der Waals surface area contributed by atoms with E-state index in [2.05, 4.69) is 4.74 Å². The van der Waals surface area contributed by atoms with Crippen LogP contribution in [-0.2, 0) is 24.3 Å². The lowest BCUT2D eigenvalue weighted by atomic mass is 10.2. The fourth-order valence-electron chi connectivity index (χ4n) is 1.78. The molecule has 1 saturated heterocycles. The van der Waals surface area contributed by atoms with E-state index in [4.69, 9.17) is 5.11 Å². The number of carbonyl (C=O) groups excluding carboxylic acids is 1. The summed E-state index contributed by atoms with van der Waals surface area (Å²) in [6.07, 6.45) is -1.24. The third-order valence-corrected chi connectivity index (χ3v) is 4.97. The van der Waals surface area contributed by atoms with Crippen molar-refractivity contribution in [2.45, 2.75) is 30.7 Å². The average Bonchev–Trinajstić information content (AvgIpc) is 2.70. The van der Waals surface area contributed by atoms with Gasteiger partial charge in [-0.05, 0) is 6.92 Å². The molecular weight excluding hydrogens is 266 g/mol. The maximum Gasteiger partial charge on any atom is 0.325 e. The molecule has 1 aliphatic rings. The number of carboxylic acid groups (broad SMARTS) is 1. The molecule has 0 radical (unpaired) electrons. The van der Waals surface area contributed by atoms with Crippen LogP contribution in [0.3, 0.4) is 0 Å². The van der Waals surface area contributed by atoms with Crippen LogP contribution in [0.4, 0.5) is 0 Å². The SMILES string of the molecule is COC(=O)C(C)S(=O)(=O)N1C[C@H](O)C[C@H]1C(=O)O. The fourth-order valence-corrected chi connectivity index (χ4v) is 3.44. The van der Waals surface area contributed by atoms with Crippen LogP contribution in [0.25, 0.3) is 0 Å². The molecule has 18 heavy (non-hydrogen) atoms. The zero-order chi connectivity index (χ0) is 14.1. The molecule has 1 unspecified atom stereocenters. The van der Waals surface area contributed by atoms with E-state index >= 15 is 0 Å². The molecule has 0 aromatic heterocycles. The minimum Gasteiger partial charge on any atom is -0.480 e. The van der Waals surface area contributed by atoms with E-state index in [-0.39, 0.29) is 13.0 Å². The summed E-state index contributed by atoms with van der Waals surface area (Å²) < 4.78 is 29.1. The number of carboxylic acids is 1. The van der Waals surface area contributed by atoms with E-state index in [0.29, 0.717) is 4.31 Å². The molecule has 9 heteroatoms. The van der Waals surface area contributed by atoms with E-state index in [0.717, 1.165) is 14.0 Å². The first-order valence-corrected chi connectivity index (χ1v) is 6.71. The Morgan fingerprint density at radius 1 is 1.44 bits per heavy atom. The Morgan fingerprint density at radius 3 is 2.44 bits per heavy atom. The van der Waals surface area contributed by atoms with Gasteiger partial charge in [-0.2, -0.15) is 4.31 Å². The van der Waals surface area contributed by atoms with Crippen LogP contribution in [0.5, 0.6) is 0 Å². The van der Waals surface area contributed by atoms with Crippen LogP contribution in [0, 0.1) is 0 Å². The molecule has 0 spiro atoms. The van der Waals surface area contributed by atoms with Gasteiger partial charge in [-0.25, -0.2) is 8.42 Å². The second kappa shape index (κ2) is 5.21. The fraction of sp³-hybridized carbons (Fsp3) is 0.778. The molecule has 1 rings (SSSR count). The van der Waals surface area contributed by atoms with E-state index in [9.17, 15) is 23.1 Å². The molecule has 8 nitrogen and oxygen atoms in total. The van der Waals surface area contributed by atoms with Gasteiger partial charge in [0.2, 0.25) is 10.0 Å². The normalized spacial score (nSPS) is 26.8. The summed E-state index contributed by atoms with van der Waals surface area (Å²) in [7, 11) is -3.12. The number of aliphatic hydroxyl groups excluding tert-OH is 1. The summed E-state index contributed by atoms with van der Waals surface area (Å²) in [5.74, 6) is -2.33. The highest BCUT2D eigenvalue weighted by molar-refractivity contribution is 7.90.